The summed E-state index contributed by atoms with van der Waals surface area (Å²) in [7, 11) is 0. The Hall–Kier alpha value is -1.55. The monoisotopic (exact) mass is 264 g/mol. The maximum atomic E-state index is 11.9. The second-order valence-corrected chi connectivity index (χ2v) is 4.62. The predicted molar refractivity (Wildman–Crippen MR) is 78.7 cm³/mol. The number of aryl methyl sites for hydroxylation is 1. The Bertz CT molecular complexity index is 419. The molecule has 2 N–H and O–H groups in total. The first-order valence-electron chi connectivity index (χ1n) is 6.83. The van der Waals surface area contributed by atoms with Gasteiger partial charge in [0.1, 0.15) is 5.75 Å². The highest BCUT2D eigenvalue weighted by Gasteiger charge is 2.09. The molecule has 0 aromatic heterocycles. The van der Waals surface area contributed by atoms with Crippen LogP contribution >= 0.6 is 0 Å². The van der Waals surface area contributed by atoms with E-state index >= 15 is 0 Å². The molecule has 0 saturated carbocycles. The van der Waals surface area contributed by atoms with Gasteiger partial charge in [-0.05, 0) is 51.1 Å². The molecule has 0 bridgehead atoms. The van der Waals surface area contributed by atoms with Gasteiger partial charge >= 0.3 is 0 Å². The molecule has 19 heavy (non-hydrogen) atoms. The quantitative estimate of drug-likeness (QED) is 0.796. The molecular weight excluding hydrogens is 240 g/mol. The summed E-state index contributed by atoms with van der Waals surface area (Å²) in [5.41, 5.74) is 1.85. The van der Waals surface area contributed by atoms with E-state index < -0.39 is 0 Å². The summed E-state index contributed by atoms with van der Waals surface area (Å²) in [6.07, 6.45) is 0.473. The summed E-state index contributed by atoms with van der Waals surface area (Å²) in [5.74, 6) is 0.861. The molecule has 0 aliphatic rings. The predicted octanol–water partition coefficient (Wildman–Crippen LogP) is 2.72. The summed E-state index contributed by atoms with van der Waals surface area (Å²) >= 11 is 0. The number of ether oxygens (including phenoxy) is 1. The minimum atomic E-state index is 0.0284. The summed E-state index contributed by atoms with van der Waals surface area (Å²) in [6.45, 7) is 9.47. The Morgan fingerprint density at radius 3 is 2.68 bits per heavy atom. The van der Waals surface area contributed by atoms with Gasteiger partial charge in [0.15, 0.2) is 0 Å². The molecule has 4 nitrogen and oxygen atoms in total. The van der Waals surface area contributed by atoms with E-state index in [4.69, 9.17) is 4.74 Å². The van der Waals surface area contributed by atoms with Gasteiger partial charge in [-0.2, -0.15) is 0 Å². The molecule has 106 valence electrons. The summed E-state index contributed by atoms with van der Waals surface area (Å²) in [4.78, 5) is 11.9. The van der Waals surface area contributed by atoms with Crippen molar-refractivity contribution in [2.75, 3.05) is 18.5 Å². The molecule has 1 aromatic rings. The van der Waals surface area contributed by atoms with Crippen molar-refractivity contribution in [2.45, 2.75) is 40.2 Å². The molecule has 0 heterocycles. The van der Waals surface area contributed by atoms with Crippen LogP contribution in [0.3, 0.4) is 0 Å². The molecule has 1 aromatic carbocycles. The molecule has 1 atom stereocenters. The Morgan fingerprint density at radius 2 is 2.11 bits per heavy atom. The summed E-state index contributed by atoms with van der Waals surface area (Å²) in [6, 6.07) is 5.89. The van der Waals surface area contributed by atoms with Gasteiger partial charge in [0.05, 0.1) is 6.61 Å². The lowest BCUT2D eigenvalue weighted by Crippen LogP contribution is -2.30. The fourth-order valence-corrected chi connectivity index (χ4v) is 1.93. The lowest BCUT2D eigenvalue weighted by Gasteiger charge is -2.14. The highest BCUT2D eigenvalue weighted by Crippen LogP contribution is 2.21. The van der Waals surface area contributed by atoms with Crippen LogP contribution in [-0.2, 0) is 4.79 Å². The summed E-state index contributed by atoms with van der Waals surface area (Å²) in [5, 5.41) is 6.16. The number of nitrogens with one attached hydrogen (secondary N) is 2. The van der Waals surface area contributed by atoms with Gasteiger partial charge in [-0.3, -0.25) is 4.79 Å². The Balaban J connectivity index is 2.59. The average molecular weight is 264 g/mol. The Labute approximate surface area is 115 Å². The zero-order valence-corrected chi connectivity index (χ0v) is 12.2. The number of hydrogen-bond acceptors (Lipinski definition) is 3. The molecule has 4 heteroatoms. The fourth-order valence-electron chi connectivity index (χ4n) is 1.93. The second-order valence-electron chi connectivity index (χ2n) is 4.62. The van der Waals surface area contributed by atoms with Crippen LogP contribution in [0.2, 0.25) is 0 Å². The first kappa shape index (κ1) is 15.5. The minimum Gasteiger partial charge on any atom is -0.494 e. The molecule has 0 radical (unpaired) electrons. The van der Waals surface area contributed by atoms with Crippen molar-refractivity contribution in [3.8, 4) is 5.75 Å². The van der Waals surface area contributed by atoms with Crippen molar-refractivity contribution in [3.63, 3.8) is 0 Å². The minimum absolute atomic E-state index is 0.0284. The lowest BCUT2D eigenvalue weighted by atomic mass is 10.1. The van der Waals surface area contributed by atoms with E-state index in [1.807, 2.05) is 45.9 Å². The number of carbonyl (C=O) groups excluding carboxylic acids is 1. The first-order valence-corrected chi connectivity index (χ1v) is 6.83. The third-order valence-corrected chi connectivity index (χ3v) is 2.83. The van der Waals surface area contributed by atoms with E-state index in [0.29, 0.717) is 13.0 Å². The standard InChI is InChI=1S/C15H24N2O2/c1-5-16-12(4)10-15(18)17-14-8-7-13(19-6-2)9-11(14)3/h7-9,12,16H,5-6,10H2,1-4H3,(H,17,18). The van der Waals surface area contributed by atoms with E-state index in [-0.39, 0.29) is 11.9 Å². The van der Waals surface area contributed by atoms with Crippen LogP contribution in [0.1, 0.15) is 32.8 Å². The van der Waals surface area contributed by atoms with Crippen LogP contribution in [0, 0.1) is 6.92 Å². The highest BCUT2D eigenvalue weighted by atomic mass is 16.5. The second kappa shape index (κ2) is 7.79. The lowest BCUT2D eigenvalue weighted by molar-refractivity contribution is -0.116. The number of anilines is 1. The maximum absolute atomic E-state index is 11.9. The van der Waals surface area contributed by atoms with Gasteiger partial charge < -0.3 is 15.4 Å². The molecule has 1 amide bonds. The van der Waals surface area contributed by atoms with Gasteiger partial charge in [-0.1, -0.05) is 6.92 Å². The molecule has 0 aliphatic carbocycles. The van der Waals surface area contributed by atoms with Gasteiger partial charge in [-0.15, -0.1) is 0 Å². The average Bonchev–Trinajstić information content (AvgIpc) is 2.33. The molecule has 1 unspecified atom stereocenters. The SMILES string of the molecule is CCNC(C)CC(=O)Nc1ccc(OCC)cc1C. The topological polar surface area (TPSA) is 50.4 Å². The largest absolute Gasteiger partial charge is 0.494 e. The van der Waals surface area contributed by atoms with E-state index in [1.54, 1.807) is 0 Å². The van der Waals surface area contributed by atoms with Crippen LogP contribution in [0.25, 0.3) is 0 Å². The van der Waals surface area contributed by atoms with Crippen LogP contribution in [0.5, 0.6) is 5.75 Å². The van der Waals surface area contributed by atoms with Crippen LogP contribution in [0.15, 0.2) is 18.2 Å². The number of hydrogen-bond donors (Lipinski definition) is 2. The van der Waals surface area contributed by atoms with Crippen molar-refractivity contribution in [1.82, 2.24) is 5.32 Å². The zero-order chi connectivity index (χ0) is 14.3. The van der Waals surface area contributed by atoms with E-state index in [2.05, 4.69) is 10.6 Å². The molecule has 0 fully saturated rings. The Kier molecular flexibility index (Phi) is 6.36. The first-order chi connectivity index (χ1) is 9.06. The van der Waals surface area contributed by atoms with E-state index in [0.717, 1.165) is 23.5 Å². The van der Waals surface area contributed by atoms with Crippen LogP contribution in [-0.4, -0.2) is 25.1 Å². The summed E-state index contributed by atoms with van der Waals surface area (Å²) < 4.78 is 5.42. The van der Waals surface area contributed by atoms with Crippen LogP contribution < -0.4 is 15.4 Å². The van der Waals surface area contributed by atoms with Gasteiger partial charge in [-0.25, -0.2) is 0 Å². The van der Waals surface area contributed by atoms with E-state index in [9.17, 15) is 4.79 Å². The zero-order valence-electron chi connectivity index (χ0n) is 12.2. The molecule has 0 saturated heterocycles. The van der Waals surface area contributed by atoms with Gasteiger partial charge in [0.25, 0.3) is 0 Å². The van der Waals surface area contributed by atoms with Crippen molar-refractivity contribution in [1.29, 1.82) is 0 Å². The van der Waals surface area contributed by atoms with Gasteiger partial charge in [0, 0.05) is 18.2 Å². The number of rotatable bonds is 7. The smallest absolute Gasteiger partial charge is 0.225 e. The van der Waals surface area contributed by atoms with E-state index in [1.165, 1.54) is 0 Å². The third-order valence-electron chi connectivity index (χ3n) is 2.83. The third kappa shape index (κ3) is 5.30. The van der Waals surface area contributed by atoms with Crippen molar-refractivity contribution >= 4 is 11.6 Å². The van der Waals surface area contributed by atoms with Crippen molar-refractivity contribution in [2.24, 2.45) is 0 Å². The number of benzene rings is 1. The normalized spacial score (nSPS) is 12.0. The number of amides is 1. The fraction of sp³-hybridized carbons (Fsp3) is 0.533. The van der Waals surface area contributed by atoms with Gasteiger partial charge in [0.2, 0.25) is 5.91 Å². The Morgan fingerprint density at radius 1 is 1.37 bits per heavy atom. The van der Waals surface area contributed by atoms with Crippen molar-refractivity contribution in [3.05, 3.63) is 23.8 Å². The highest BCUT2D eigenvalue weighted by molar-refractivity contribution is 5.91. The number of carbonyl (C=O) groups is 1. The molecular formula is C15H24N2O2. The molecule has 1 rings (SSSR count). The van der Waals surface area contributed by atoms with Crippen LogP contribution in [0.4, 0.5) is 5.69 Å². The molecule has 0 spiro atoms. The van der Waals surface area contributed by atoms with Crippen molar-refractivity contribution < 1.29 is 9.53 Å². The maximum Gasteiger partial charge on any atom is 0.225 e. The molecule has 0 aliphatic heterocycles.